The number of aromatic amines is 1. The number of aldehydes is 3. The summed E-state index contributed by atoms with van der Waals surface area (Å²) in [5, 5.41) is 5.59. The van der Waals surface area contributed by atoms with E-state index >= 15 is 0 Å². The van der Waals surface area contributed by atoms with Crippen molar-refractivity contribution in [1.82, 2.24) is 30.5 Å². The van der Waals surface area contributed by atoms with Crippen LogP contribution in [0.25, 0.3) is 11.2 Å². The first kappa shape index (κ1) is 27.7. The van der Waals surface area contributed by atoms with E-state index in [2.05, 4.69) is 37.5 Å². The molecule has 1 aliphatic heterocycles. The molecule has 34 heavy (non-hydrogen) atoms. The Morgan fingerprint density at radius 2 is 1.88 bits per heavy atom. The number of carbonyl (C=O) groups is 3. The van der Waals surface area contributed by atoms with E-state index in [9.17, 15) is 14.4 Å². The van der Waals surface area contributed by atoms with Crippen molar-refractivity contribution in [2.75, 3.05) is 54.0 Å². The predicted octanol–water partition coefficient (Wildman–Crippen LogP) is 1.18. The van der Waals surface area contributed by atoms with Crippen molar-refractivity contribution < 1.29 is 19.1 Å². The monoisotopic (exact) mass is 474 g/mol. The zero-order chi connectivity index (χ0) is 24.8. The van der Waals surface area contributed by atoms with Gasteiger partial charge in [-0.2, -0.15) is 0 Å². The summed E-state index contributed by atoms with van der Waals surface area (Å²) in [6.45, 7) is 4.48. The SMILES string of the molecule is CN1CCOCC1.CNCC=O.CN[C@@H](C=O)C1CC1.O=Cc1c[nH]c2ncc(C3CC3)nc12. The fraction of sp³-hybridized carbons (Fsp3) is 0.625. The van der Waals surface area contributed by atoms with Gasteiger partial charge < -0.3 is 34.8 Å². The van der Waals surface area contributed by atoms with Crippen molar-refractivity contribution >= 4 is 30.0 Å². The van der Waals surface area contributed by atoms with E-state index in [1.165, 1.54) is 25.7 Å². The number of morpholine rings is 1. The fourth-order valence-corrected chi connectivity index (χ4v) is 3.20. The van der Waals surface area contributed by atoms with Crippen molar-refractivity contribution in [3.05, 3.63) is 23.7 Å². The van der Waals surface area contributed by atoms with Crippen molar-refractivity contribution in [2.24, 2.45) is 5.92 Å². The Kier molecular flexibility index (Phi) is 12.5. The number of fused-ring (bicyclic) bond motifs is 1. The molecule has 10 heteroatoms. The number of carbonyl (C=O) groups excluding carboxylic acids is 3. The Morgan fingerprint density at radius 1 is 1.18 bits per heavy atom. The molecule has 10 nitrogen and oxygen atoms in total. The molecule has 2 aromatic rings. The minimum Gasteiger partial charge on any atom is -0.379 e. The van der Waals surface area contributed by atoms with Crippen molar-refractivity contribution in [3.8, 4) is 0 Å². The Labute approximate surface area is 201 Å². The molecule has 1 saturated heterocycles. The van der Waals surface area contributed by atoms with Gasteiger partial charge in [-0.1, -0.05) is 0 Å². The topological polar surface area (TPSA) is 129 Å². The molecule has 5 rings (SSSR count). The third-order valence-electron chi connectivity index (χ3n) is 5.68. The summed E-state index contributed by atoms with van der Waals surface area (Å²) < 4.78 is 5.10. The largest absolute Gasteiger partial charge is 0.379 e. The minimum absolute atomic E-state index is 0.134. The number of aromatic nitrogens is 3. The molecule has 3 fully saturated rings. The Hall–Kier alpha value is -2.53. The molecule has 2 aromatic heterocycles. The lowest BCUT2D eigenvalue weighted by atomic mass is 10.2. The normalized spacial score (nSPS) is 18.2. The first-order valence-corrected chi connectivity index (χ1v) is 11.8. The molecular formula is C24H38N6O4. The zero-order valence-electron chi connectivity index (χ0n) is 20.5. The lowest BCUT2D eigenvalue weighted by Crippen LogP contribution is -2.32. The molecule has 2 aliphatic carbocycles. The summed E-state index contributed by atoms with van der Waals surface area (Å²) in [7, 11) is 5.67. The molecule has 0 spiro atoms. The number of rotatable bonds is 7. The second-order valence-electron chi connectivity index (χ2n) is 8.56. The maximum Gasteiger partial charge on any atom is 0.156 e. The number of hydrogen-bond donors (Lipinski definition) is 3. The highest BCUT2D eigenvalue weighted by Gasteiger charge is 2.29. The number of likely N-dealkylation sites (N-methyl/N-ethyl adjacent to an activating group) is 3. The Bertz CT molecular complexity index is 875. The van der Waals surface area contributed by atoms with Crippen LogP contribution in [0, 0.1) is 5.92 Å². The maximum absolute atomic E-state index is 10.7. The average molecular weight is 475 g/mol. The number of nitrogens with zero attached hydrogens (tertiary/aromatic N) is 3. The van der Waals surface area contributed by atoms with E-state index in [0.29, 0.717) is 35.1 Å². The molecule has 0 radical (unpaired) electrons. The molecule has 3 aliphatic rings. The van der Waals surface area contributed by atoms with Crippen LogP contribution >= 0.6 is 0 Å². The van der Waals surface area contributed by atoms with Gasteiger partial charge in [-0.15, -0.1) is 0 Å². The summed E-state index contributed by atoms with van der Waals surface area (Å²) >= 11 is 0. The van der Waals surface area contributed by atoms with Gasteiger partial charge >= 0.3 is 0 Å². The minimum atomic E-state index is 0.134. The molecule has 0 unspecified atom stereocenters. The van der Waals surface area contributed by atoms with E-state index in [1.807, 2.05) is 7.05 Å². The average Bonchev–Trinajstić information content (AvgIpc) is 3.80. The predicted molar refractivity (Wildman–Crippen MR) is 131 cm³/mol. The van der Waals surface area contributed by atoms with Crippen LogP contribution in [0.15, 0.2) is 12.4 Å². The van der Waals surface area contributed by atoms with E-state index in [1.54, 1.807) is 19.4 Å². The molecule has 0 amide bonds. The van der Waals surface area contributed by atoms with Gasteiger partial charge in [0.1, 0.15) is 18.1 Å². The summed E-state index contributed by atoms with van der Waals surface area (Å²) in [5.74, 6) is 1.22. The van der Waals surface area contributed by atoms with Gasteiger partial charge in [-0.3, -0.25) is 4.79 Å². The number of hydrogen-bond acceptors (Lipinski definition) is 9. The smallest absolute Gasteiger partial charge is 0.156 e. The molecule has 0 bridgehead atoms. The highest BCUT2D eigenvalue weighted by atomic mass is 16.5. The number of nitrogens with one attached hydrogen (secondary N) is 3. The Morgan fingerprint density at radius 3 is 2.26 bits per heavy atom. The third-order valence-corrected chi connectivity index (χ3v) is 5.68. The molecule has 1 atom stereocenters. The third kappa shape index (κ3) is 9.76. The van der Waals surface area contributed by atoms with Gasteiger partial charge in [0.15, 0.2) is 11.9 Å². The van der Waals surface area contributed by atoms with Crippen LogP contribution in [0.2, 0.25) is 0 Å². The maximum atomic E-state index is 10.7. The van der Waals surface area contributed by atoms with Gasteiger partial charge in [-0.25, -0.2) is 9.97 Å². The molecule has 3 N–H and O–H groups in total. The van der Waals surface area contributed by atoms with Gasteiger partial charge in [0.25, 0.3) is 0 Å². The summed E-state index contributed by atoms with van der Waals surface area (Å²) in [6, 6.07) is 0.134. The molecule has 0 aromatic carbocycles. The van der Waals surface area contributed by atoms with Crippen LogP contribution in [0.1, 0.15) is 47.7 Å². The van der Waals surface area contributed by atoms with Crippen LogP contribution in [0.4, 0.5) is 0 Å². The fourth-order valence-electron chi connectivity index (χ4n) is 3.20. The van der Waals surface area contributed by atoms with Crippen LogP contribution in [-0.2, 0) is 14.3 Å². The van der Waals surface area contributed by atoms with E-state index in [-0.39, 0.29) is 6.04 Å². The quantitative estimate of drug-likeness (QED) is 0.507. The second kappa shape index (κ2) is 15.4. The summed E-state index contributed by atoms with van der Waals surface area (Å²) in [4.78, 5) is 44.1. The van der Waals surface area contributed by atoms with Crippen LogP contribution < -0.4 is 10.6 Å². The number of ether oxygens (including phenoxy) is 1. The van der Waals surface area contributed by atoms with E-state index in [0.717, 1.165) is 50.9 Å². The van der Waals surface area contributed by atoms with Crippen molar-refractivity contribution in [1.29, 1.82) is 0 Å². The van der Waals surface area contributed by atoms with Crippen molar-refractivity contribution in [2.45, 2.75) is 37.6 Å². The lowest BCUT2D eigenvalue weighted by molar-refractivity contribution is -0.110. The molecule has 2 saturated carbocycles. The second-order valence-corrected chi connectivity index (χ2v) is 8.56. The molecule has 3 heterocycles. The van der Waals surface area contributed by atoms with Crippen LogP contribution in [0.3, 0.4) is 0 Å². The summed E-state index contributed by atoms with van der Waals surface area (Å²) in [6.07, 6.45) is 10.9. The first-order valence-electron chi connectivity index (χ1n) is 11.8. The van der Waals surface area contributed by atoms with Crippen LogP contribution in [0.5, 0.6) is 0 Å². The standard InChI is InChI=1S/C10H9N3O.C6H11NO.C5H11NO.C3H7NO/c14-5-7-3-11-10-9(7)13-8(4-12-10)6-1-2-6;1-7-6(4-8)5-2-3-5;1-6-2-4-7-5-3-6;1-4-2-3-5/h3-6H,1-2H2,(H,11,12);4-7H,2-3H2,1H3;2-5H2,1H3;3-4H,2H2,1H3/t;6-;;/m.0../s1. The van der Waals surface area contributed by atoms with E-state index < -0.39 is 0 Å². The van der Waals surface area contributed by atoms with Gasteiger partial charge in [0.05, 0.1) is 43.3 Å². The molecule has 188 valence electrons. The van der Waals surface area contributed by atoms with Crippen LogP contribution in [-0.4, -0.2) is 98.7 Å². The highest BCUT2D eigenvalue weighted by molar-refractivity contribution is 5.92. The first-order chi connectivity index (χ1) is 16.6. The highest BCUT2D eigenvalue weighted by Crippen LogP contribution is 2.39. The van der Waals surface area contributed by atoms with Gasteiger partial charge in [-0.05, 0) is 52.7 Å². The summed E-state index contributed by atoms with van der Waals surface area (Å²) in [5.41, 5.74) is 3.00. The van der Waals surface area contributed by atoms with Gasteiger partial charge in [0, 0.05) is 25.2 Å². The Balaban J connectivity index is 0.000000176. The molecular weight excluding hydrogens is 436 g/mol. The van der Waals surface area contributed by atoms with Gasteiger partial charge in [0.2, 0.25) is 0 Å². The number of H-pyrrole nitrogens is 1. The van der Waals surface area contributed by atoms with Crippen molar-refractivity contribution in [3.63, 3.8) is 0 Å². The van der Waals surface area contributed by atoms with E-state index in [4.69, 9.17) is 4.74 Å². The lowest BCUT2D eigenvalue weighted by Gasteiger charge is -2.21. The zero-order valence-corrected chi connectivity index (χ0v) is 20.5.